The summed E-state index contributed by atoms with van der Waals surface area (Å²) < 4.78 is 12.5. The van der Waals surface area contributed by atoms with Crippen LogP contribution in [0.25, 0.3) is 22.3 Å². The van der Waals surface area contributed by atoms with Gasteiger partial charge in [-0.3, -0.25) is 0 Å². The number of anilines is 6. The van der Waals surface area contributed by atoms with E-state index in [1.54, 1.807) is 0 Å². The van der Waals surface area contributed by atoms with Crippen LogP contribution < -0.4 is 19.3 Å². The largest absolute Gasteiger partial charge is 0.457 e. The first-order valence-electron chi connectivity index (χ1n) is 19.4. The van der Waals surface area contributed by atoms with Gasteiger partial charge in [-0.25, -0.2) is 0 Å². The highest BCUT2D eigenvalue weighted by atomic mass is 16.5. The molecule has 9 aromatic rings. The Kier molecular flexibility index (Phi) is 10.5. The van der Waals surface area contributed by atoms with Crippen molar-refractivity contribution in [2.45, 2.75) is 0 Å². The molecule has 0 unspecified atom stereocenters. The van der Waals surface area contributed by atoms with Gasteiger partial charge in [0.1, 0.15) is 23.0 Å². The van der Waals surface area contributed by atoms with Gasteiger partial charge in [-0.1, -0.05) is 121 Å². The molecule has 4 heteroatoms. The summed E-state index contributed by atoms with van der Waals surface area (Å²) in [6.07, 6.45) is 0. The first kappa shape index (κ1) is 35.9. The summed E-state index contributed by atoms with van der Waals surface area (Å²) in [5, 5.41) is 0. The highest BCUT2D eigenvalue weighted by Gasteiger charge is 2.15. The third-order valence-corrected chi connectivity index (χ3v) is 9.98. The fourth-order valence-corrected chi connectivity index (χ4v) is 7.09. The van der Waals surface area contributed by atoms with Crippen molar-refractivity contribution in [1.29, 1.82) is 0 Å². The average Bonchev–Trinajstić information content (AvgIpc) is 3.30. The zero-order valence-corrected chi connectivity index (χ0v) is 31.8. The maximum Gasteiger partial charge on any atom is 0.127 e. The molecule has 0 bridgehead atoms. The van der Waals surface area contributed by atoms with Crippen molar-refractivity contribution in [3.05, 3.63) is 243 Å². The summed E-state index contributed by atoms with van der Waals surface area (Å²) in [6, 6.07) is 83.2. The van der Waals surface area contributed by atoms with Gasteiger partial charge in [-0.15, -0.1) is 0 Å². The third-order valence-electron chi connectivity index (χ3n) is 9.98. The van der Waals surface area contributed by atoms with E-state index in [9.17, 15) is 0 Å². The number of hydrogen-bond donors (Lipinski definition) is 0. The zero-order chi connectivity index (χ0) is 38.9. The molecule has 0 saturated carbocycles. The monoisotopic (exact) mass is 748 g/mol. The summed E-state index contributed by atoms with van der Waals surface area (Å²) in [7, 11) is 0. The van der Waals surface area contributed by atoms with Crippen LogP contribution >= 0.6 is 0 Å². The Morgan fingerprint density at radius 1 is 0.190 bits per heavy atom. The van der Waals surface area contributed by atoms with E-state index in [0.717, 1.165) is 57.1 Å². The summed E-state index contributed by atoms with van der Waals surface area (Å²) in [5.41, 5.74) is 11.1. The lowest BCUT2D eigenvalue weighted by Crippen LogP contribution is -2.09. The van der Waals surface area contributed by atoms with E-state index < -0.39 is 0 Å². The number of hydrogen-bond acceptors (Lipinski definition) is 4. The second-order valence-corrected chi connectivity index (χ2v) is 13.8. The standard InChI is InChI=1S/C54H40N2O2/c1-5-13-41(14-6-1)43-21-25-47(26-22-43)55(45-17-9-3-10-18-45)49-29-33-51(34-30-49)57-53-37-39-54(40-38-53)58-52-35-31-50(32-36-52)56(46-19-11-4-12-20-46)48-27-23-44(24-28-48)42-15-7-2-8-16-42/h1-40H. The molecule has 0 atom stereocenters. The Morgan fingerprint density at radius 3 is 0.690 bits per heavy atom. The molecular weight excluding hydrogens is 709 g/mol. The van der Waals surface area contributed by atoms with E-state index in [2.05, 4.69) is 180 Å². The molecule has 0 radical (unpaired) electrons. The first-order valence-corrected chi connectivity index (χ1v) is 19.4. The second-order valence-electron chi connectivity index (χ2n) is 13.8. The molecule has 4 nitrogen and oxygen atoms in total. The molecular formula is C54H40N2O2. The molecule has 0 spiro atoms. The summed E-state index contributed by atoms with van der Waals surface area (Å²) in [4.78, 5) is 4.50. The summed E-state index contributed by atoms with van der Waals surface area (Å²) in [5.74, 6) is 2.95. The summed E-state index contributed by atoms with van der Waals surface area (Å²) in [6.45, 7) is 0. The van der Waals surface area contributed by atoms with Gasteiger partial charge >= 0.3 is 0 Å². The molecule has 0 saturated heterocycles. The van der Waals surface area contributed by atoms with Crippen LogP contribution in [0.5, 0.6) is 23.0 Å². The minimum atomic E-state index is 0.726. The van der Waals surface area contributed by atoms with E-state index in [1.807, 2.05) is 72.8 Å². The van der Waals surface area contributed by atoms with Gasteiger partial charge in [0.2, 0.25) is 0 Å². The lowest BCUT2D eigenvalue weighted by atomic mass is 10.0. The number of para-hydroxylation sites is 2. The fourth-order valence-electron chi connectivity index (χ4n) is 7.09. The van der Waals surface area contributed by atoms with Gasteiger partial charge in [0.15, 0.2) is 0 Å². The number of ether oxygens (including phenoxy) is 2. The van der Waals surface area contributed by atoms with Crippen molar-refractivity contribution in [1.82, 2.24) is 0 Å². The van der Waals surface area contributed by atoms with Crippen molar-refractivity contribution >= 4 is 34.1 Å². The molecule has 0 fully saturated rings. The van der Waals surface area contributed by atoms with E-state index in [0.29, 0.717) is 0 Å². The molecule has 0 amide bonds. The van der Waals surface area contributed by atoms with Gasteiger partial charge in [-0.2, -0.15) is 0 Å². The fraction of sp³-hybridized carbons (Fsp3) is 0. The van der Waals surface area contributed by atoms with Crippen molar-refractivity contribution in [3.63, 3.8) is 0 Å². The van der Waals surface area contributed by atoms with Crippen molar-refractivity contribution in [2.24, 2.45) is 0 Å². The quantitative estimate of drug-likeness (QED) is 0.124. The normalized spacial score (nSPS) is 10.8. The van der Waals surface area contributed by atoms with E-state index in [-0.39, 0.29) is 0 Å². The Hall–Kier alpha value is -7.82. The maximum absolute atomic E-state index is 6.27. The Bertz CT molecular complexity index is 2460. The lowest BCUT2D eigenvalue weighted by Gasteiger charge is -2.26. The minimum absolute atomic E-state index is 0.726. The van der Waals surface area contributed by atoms with Crippen LogP contribution in [0, 0.1) is 0 Å². The summed E-state index contributed by atoms with van der Waals surface area (Å²) >= 11 is 0. The van der Waals surface area contributed by atoms with Gasteiger partial charge in [0.25, 0.3) is 0 Å². The zero-order valence-electron chi connectivity index (χ0n) is 31.8. The Balaban J connectivity index is 0.874. The molecule has 0 aliphatic rings. The van der Waals surface area contributed by atoms with E-state index >= 15 is 0 Å². The van der Waals surface area contributed by atoms with Crippen LogP contribution in [0.3, 0.4) is 0 Å². The minimum Gasteiger partial charge on any atom is -0.457 e. The molecule has 0 aliphatic carbocycles. The van der Waals surface area contributed by atoms with Gasteiger partial charge < -0.3 is 19.3 Å². The molecule has 9 aromatic carbocycles. The highest BCUT2D eigenvalue weighted by molar-refractivity contribution is 5.80. The maximum atomic E-state index is 6.27. The van der Waals surface area contributed by atoms with Crippen LogP contribution in [-0.4, -0.2) is 0 Å². The van der Waals surface area contributed by atoms with Crippen molar-refractivity contribution in [3.8, 4) is 45.3 Å². The Morgan fingerprint density at radius 2 is 0.397 bits per heavy atom. The smallest absolute Gasteiger partial charge is 0.127 e. The molecule has 0 N–H and O–H groups in total. The van der Waals surface area contributed by atoms with Crippen molar-refractivity contribution < 1.29 is 9.47 Å². The van der Waals surface area contributed by atoms with Crippen LogP contribution in [0.4, 0.5) is 34.1 Å². The van der Waals surface area contributed by atoms with Crippen LogP contribution in [0.2, 0.25) is 0 Å². The third kappa shape index (κ3) is 8.23. The van der Waals surface area contributed by atoms with Crippen LogP contribution in [0.1, 0.15) is 0 Å². The van der Waals surface area contributed by atoms with Gasteiger partial charge in [0.05, 0.1) is 0 Å². The molecule has 0 heterocycles. The molecule has 9 rings (SSSR count). The molecule has 0 aromatic heterocycles. The second kappa shape index (κ2) is 16.9. The predicted molar refractivity (Wildman–Crippen MR) is 240 cm³/mol. The van der Waals surface area contributed by atoms with Gasteiger partial charge in [-0.05, 0) is 144 Å². The van der Waals surface area contributed by atoms with Gasteiger partial charge in [0, 0.05) is 34.1 Å². The molecule has 0 aliphatic heterocycles. The first-order chi connectivity index (χ1) is 28.7. The van der Waals surface area contributed by atoms with E-state index in [4.69, 9.17) is 9.47 Å². The number of nitrogens with zero attached hydrogens (tertiary/aromatic N) is 2. The van der Waals surface area contributed by atoms with Crippen LogP contribution in [0.15, 0.2) is 243 Å². The SMILES string of the molecule is c1ccc(-c2ccc(N(c3ccccc3)c3ccc(Oc4ccc(Oc5ccc(N(c6ccccc6)c6ccc(-c7ccccc7)cc6)cc5)cc4)cc3)cc2)cc1. The number of benzene rings is 9. The van der Waals surface area contributed by atoms with Crippen LogP contribution in [-0.2, 0) is 0 Å². The number of rotatable bonds is 12. The Labute approximate surface area is 340 Å². The van der Waals surface area contributed by atoms with Crippen molar-refractivity contribution in [2.75, 3.05) is 9.80 Å². The topological polar surface area (TPSA) is 24.9 Å². The molecule has 58 heavy (non-hydrogen) atoms. The average molecular weight is 749 g/mol. The highest BCUT2D eigenvalue weighted by Crippen LogP contribution is 2.39. The lowest BCUT2D eigenvalue weighted by molar-refractivity contribution is 0.469. The predicted octanol–water partition coefficient (Wildman–Crippen LogP) is 15.5. The van der Waals surface area contributed by atoms with E-state index in [1.165, 1.54) is 22.3 Å². The molecule has 278 valence electrons.